The Morgan fingerprint density at radius 3 is 2.55 bits per heavy atom. The molecular weight excluding hydrogens is 278 g/mol. The maximum absolute atomic E-state index is 11.8. The van der Waals surface area contributed by atoms with Crippen molar-refractivity contribution in [3.63, 3.8) is 0 Å². The molecule has 6 heteroatoms. The number of hydrogen-bond acceptors (Lipinski definition) is 4. The molecule has 2 rings (SSSR count). The fourth-order valence-corrected chi connectivity index (χ4v) is 2.04. The van der Waals surface area contributed by atoms with E-state index in [1.165, 1.54) is 7.11 Å². The number of carbonyl (C=O) groups is 1. The fourth-order valence-electron chi connectivity index (χ4n) is 1.91. The summed E-state index contributed by atoms with van der Waals surface area (Å²) < 4.78 is 6.48. The van der Waals surface area contributed by atoms with Crippen molar-refractivity contribution in [2.45, 2.75) is 20.4 Å². The highest BCUT2D eigenvalue weighted by molar-refractivity contribution is 6.30. The van der Waals surface area contributed by atoms with Gasteiger partial charge in [-0.25, -0.2) is 9.48 Å². The predicted molar refractivity (Wildman–Crippen MR) is 76.6 cm³/mol. The summed E-state index contributed by atoms with van der Waals surface area (Å²) in [6, 6.07) is 7.21. The minimum atomic E-state index is -0.495. The highest BCUT2D eigenvalue weighted by Crippen LogP contribution is 2.25. The molecular formula is C14H16ClN3O2. The second-order valence-electron chi connectivity index (χ2n) is 4.86. The van der Waals surface area contributed by atoms with Crippen LogP contribution in [0.3, 0.4) is 0 Å². The quantitative estimate of drug-likeness (QED) is 0.813. The van der Waals surface area contributed by atoms with Crippen LogP contribution in [0.25, 0.3) is 11.3 Å². The summed E-state index contributed by atoms with van der Waals surface area (Å²) in [7, 11) is 1.33. The topological polar surface area (TPSA) is 57.0 Å². The van der Waals surface area contributed by atoms with E-state index in [1.807, 2.05) is 12.1 Å². The number of esters is 1. The molecule has 20 heavy (non-hydrogen) atoms. The standard InChI is InChI=1S/C14H16ClN3O2/c1-9(2)8-18-13(10-4-6-11(15)7-5-10)12(16-17-18)14(19)20-3/h4-7,9H,8H2,1-3H3. The SMILES string of the molecule is COC(=O)c1nnn(CC(C)C)c1-c1ccc(Cl)cc1. The van der Waals surface area contributed by atoms with Crippen LogP contribution in [-0.2, 0) is 11.3 Å². The van der Waals surface area contributed by atoms with Crippen LogP contribution in [0, 0.1) is 5.92 Å². The van der Waals surface area contributed by atoms with E-state index in [9.17, 15) is 4.79 Å². The number of carbonyl (C=O) groups excluding carboxylic acids is 1. The van der Waals surface area contributed by atoms with Gasteiger partial charge in [-0.05, 0) is 18.1 Å². The Balaban J connectivity index is 2.53. The van der Waals surface area contributed by atoms with Gasteiger partial charge in [0, 0.05) is 17.1 Å². The molecule has 1 aromatic carbocycles. The van der Waals surface area contributed by atoms with Gasteiger partial charge < -0.3 is 4.74 Å². The third-order valence-electron chi connectivity index (χ3n) is 2.77. The summed E-state index contributed by atoms with van der Waals surface area (Å²) >= 11 is 5.90. The third kappa shape index (κ3) is 2.99. The van der Waals surface area contributed by atoms with Crippen molar-refractivity contribution in [1.29, 1.82) is 0 Å². The van der Waals surface area contributed by atoms with Gasteiger partial charge in [0.15, 0.2) is 5.69 Å². The first-order valence-corrected chi connectivity index (χ1v) is 6.68. The van der Waals surface area contributed by atoms with E-state index in [-0.39, 0.29) is 5.69 Å². The molecule has 0 spiro atoms. The number of rotatable bonds is 4. The Morgan fingerprint density at radius 1 is 1.35 bits per heavy atom. The van der Waals surface area contributed by atoms with Gasteiger partial charge in [-0.3, -0.25) is 0 Å². The van der Waals surface area contributed by atoms with Crippen LogP contribution in [0.1, 0.15) is 24.3 Å². The second-order valence-corrected chi connectivity index (χ2v) is 5.30. The molecule has 2 aromatic rings. The smallest absolute Gasteiger partial charge is 0.360 e. The molecule has 0 aliphatic carbocycles. The van der Waals surface area contributed by atoms with Gasteiger partial charge in [0.25, 0.3) is 0 Å². The normalized spacial score (nSPS) is 10.8. The maximum atomic E-state index is 11.8. The molecule has 0 unspecified atom stereocenters. The molecule has 0 bridgehead atoms. The first-order valence-electron chi connectivity index (χ1n) is 6.30. The van der Waals surface area contributed by atoms with Gasteiger partial charge in [-0.2, -0.15) is 0 Å². The summed E-state index contributed by atoms with van der Waals surface area (Å²) in [5, 5.41) is 8.64. The maximum Gasteiger partial charge on any atom is 0.360 e. The van der Waals surface area contributed by atoms with Crippen LogP contribution in [-0.4, -0.2) is 28.1 Å². The minimum Gasteiger partial charge on any atom is -0.464 e. The lowest BCUT2D eigenvalue weighted by Crippen LogP contribution is -2.09. The van der Waals surface area contributed by atoms with E-state index >= 15 is 0 Å². The first-order chi connectivity index (χ1) is 9.52. The van der Waals surface area contributed by atoms with Crippen LogP contribution in [0.4, 0.5) is 0 Å². The molecule has 0 amide bonds. The van der Waals surface area contributed by atoms with Crippen molar-refractivity contribution >= 4 is 17.6 Å². The molecule has 1 heterocycles. The van der Waals surface area contributed by atoms with Gasteiger partial charge in [0.05, 0.1) is 7.11 Å². The largest absolute Gasteiger partial charge is 0.464 e. The molecule has 0 aliphatic heterocycles. The average molecular weight is 294 g/mol. The molecule has 0 saturated carbocycles. The van der Waals surface area contributed by atoms with E-state index in [4.69, 9.17) is 16.3 Å². The monoisotopic (exact) mass is 293 g/mol. The third-order valence-corrected chi connectivity index (χ3v) is 3.02. The zero-order chi connectivity index (χ0) is 14.7. The Hall–Kier alpha value is -1.88. The highest BCUT2D eigenvalue weighted by Gasteiger charge is 2.22. The predicted octanol–water partition coefficient (Wildman–Crippen LogP) is 3.04. The summed E-state index contributed by atoms with van der Waals surface area (Å²) in [4.78, 5) is 11.8. The Kier molecular flexibility index (Phi) is 4.39. The number of aromatic nitrogens is 3. The van der Waals surface area contributed by atoms with E-state index in [0.29, 0.717) is 23.2 Å². The van der Waals surface area contributed by atoms with Crippen LogP contribution in [0.15, 0.2) is 24.3 Å². The zero-order valence-electron chi connectivity index (χ0n) is 11.6. The number of methoxy groups -OCH3 is 1. The molecule has 0 saturated heterocycles. The van der Waals surface area contributed by atoms with Crippen molar-refractivity contribution in [3.8, 4) is 11.3 Å². The van der Waals surface area contributed by atoms with Crippen LogP contribution in [0.2, 0.25) is 5.02 Å². The molecule has 5 nitrogen and oxygen atoms in total. The summed E-state index contributed by atoms with van der Waals surface area (Å²) in [6.45, 7) is 4.82. The van der Waals surface area contributed by atoms with E-state index < -0.39 is 5.97 Å². The lowest BCUT2D eigenvalue weighted by atomic mass is 10.1. The van der Waals surface area contributed by atoms with Crippen molar-refractivity contribution < 1.29 is 9.53 Å². The minimum absolute atomic E-state index is 0.218. The van der Waals surface area contributed by atoms with Gasteiger partial charge in [0.2, 0.25) is 0 Å². The van der Waals surface area contributed by atoms with Crippen molar-refractivity contribution in [1.82, 2.24) is 15.0 Å². The van der Waals surface area contributed by atoms with E-state index in [0.717, 1.165) is 5.56 Å². The molecule has 106 valence electrons. The second kappa shape index (κ2) is 6.05. The summed E-state index contributed by atoms with van der Waals surface area (Å²) in [6.07, 6.45) is 0. The molecule has 0 aliphatic rings. The molecule has 0 fully saturated rings. The average Bonchev–Trinajstić information content (AvgIpc) is 2.81. The number of benzene rings is 1. The van der Waals surface area contributed by atoms with Gasteiger partial charge in [-0.15, -0.1) is 5.10 Å². The zero-order valence-corrected chi connectivity index (χ0v) is 12.4. The van der Waals surface area contributed by atoms with Gasteiger partial charge >= 0.3 is 5.97 Å². The van der Waals surface area contributed by atoms with E-state index in [2.05, 4.69) is 24.2 Å². The summed E-state index contributed by atoms with van der Waals surface area (Å²) in [5.41, 5.74) is 1.71. The van der Waals surface area contributed by atoms with Crippen LogP contribution < -0.4 is 0 Å². The van der Waals surface area contributed by atoms with Crippen molar-refractivity contribution in [2.24, 2.45) is 5.92 Å². The number of halogens is 1. The lowest BCUT2D eigenvalue weighted by molar-refractivity contribution is 0.0595. The van der Waals surface area contributed by atoms with Gasteiger partial charge in [-0.1, -0.05) is 42.8 Å². The number of nitrogens with zero attached hydrogens (tertiary/aromatic N) is 3. The fraction of sp³-hybridized carbons (Fsp3) is 0.357. The molecule has 0 atom stereocenters. The molecule has 0 radical (unpaired) electrons. The molecule has 0 N–H and O–H groups in total. The van der Waals surface area contributed by atoms with Crippen molar-refractivity contribution in [2.75, 3.05) is 7.11 Å². The molecule has 1 aromatic heterocycles. The lowest BCUT2D eigenvalue weighted by Gasteiger charge is -2.10. The number of hydrogen-bond donors (Lipinski definition) is 0. The van der Waals surface area contributed by atoms with Crippen LogP contribution >= 0.6 is 11.6 Å². The Bertz CT molecular complexity index is 605. The first kappa shape index (κ1) is 14.5. The Labute approximate surface area is 122 Å². The van der Waals surface area contributed by atoms with Crippen LogP contribution in [0.5, 0.6) is 0 Å². The summed E-state index contributed by atoms with van der Waals surface area (Å²) in [5.74, 6) is -0.113. The van der Waals surface area contributed by atoms with E-state index in [1.54, 1.807) is 16.8 Å². The van der Waals surface area contributed by atoms with Crippen molar-refractivity contribution in [3.05, 3.63) is 35.0 Å². The van der Waals surface area contributed by atoms with Gasteiger partial charge in [0.1, 0.15) is 5.69 Å². The highest BCUT2D eigenvalue weighted by atomic mass is 35.5. The number of ether oxygens (including phenoxy) is 1. The Morgan fingerprint density at radius 2 is 2.00 bits per heavy atom.